The summed E-state index contributed by atoms with van der Waals surface area (Å²) < 4.78 is 10.3. The van der Waals surface area contributed by atoms with E-state index >= 15 is 0 Å². The van der Waals surface area contributed by atoms with Gasteiger partial charge in [-0.05, 0) is 55.0 Å². The maximum atomic E-state index is 11.8. The molecule has 1 aromatic heterocycles. The first kappa shape index (κ1) is 24.1. The van der Waals surface area contributed by atoms with Crippen LogP contribution in [0.25, 0.3) is 10.9 Å². The van der Waals surface area contributed by atoms with Gasteiger partial charge in [0.25, 0.3) is 0 Å². The number of carbonyl (C=O) groups is 2. The van der Waals surface area contributed by atoms with Crippen LogP contribution in [-0.4, -0.2) is 29.1 Å². The Kier molecular flexibility index (Phi) is 7.66. The number of aryl methyl sites for hydroxylation is 1. The highest BCUT2D eigenvalue weighted by Gasteiger charge is 2.12. The van der Waals surface area contributed by atoms with Crippen LogP contribution in [0.2, 0.25) is 0 Å². The molecule has 174 valence electrons. The summed E-state index contributed by atoms with van der Waals surface area (Å²) in [6.45, 7) is 3.32. The van der Waals surface area contributed by atoms with Gasteiger partial charge in [0.15, 0.2) is 0 Å². The fraction of sp³-hybridized carbons (Fsp3) is 0.115. The molecule has 8 nitrogen and oxygen atoms in total. The quantitative estimate of drug-likeness (QED) is 0.307. The largest absolute Gasteiger partial charge is 0.507 e. The van der Waals surface area contributed by atoms with E-state index in [1.807, 2.05) is 25.1 Å². The molecule has 1 heterocycles. The Morgan fingerprint density at radius 1 is 0.971 bits per heavy atom. The molecule has 1 amide bonds. The van der Waals surface area contributed by atoms with Crippen LogP contribution in [0.15, 0.2) is 77.6 Å². The number of methoxy groups -OCH3 is 1. The number of H-pyrrole nitrogens is 1. The fourth-order valence-corrected chi connectivity index (χ4v) is 3.21. The number of hydrogen-bond acceptors (Lipinski definition) is 6. The number of aromatic nitrogens is 1. The average molecular weight is 460 g/mol. The summed E-state index contributed by atoms with van der Waals surface area (Å²) in [7, 11) is 1.59. The molecule has 0 aliphatic carbocycles. The van der Waals surface area contributed by atoms with Crippen molar-refractivity contribution in [1.82, 2.24) is 4.98 Å². The van der Waals surface area contributed by atoms with E-state index in [1.54, 1.807) is 49.6 Å². The summed E-state index contributed by atoms with van der Waals surface area (Å²) in [6, 6.07) is 19.8. The van der Waals surface area contributed by atoms with Crippen molar-refractivity contribution >= 4 is 28.5 Å². The molecule has 0 atom stereocenters. The van der Waals surface area contributed by atoms with Crippen molar-refractivity contribution in [3.63, 3.8) is 0 Å². The predicted octanol–water partition coefficient (Wildman–Crippen LogP) is 4.41. The highest BCUT2D eigenvalue weighted by molar-refractivity contribution is 5.94. The van der Waals surface area contributed by atoms with Gasteiger partial charge < -0.3 is 24.9 Å². The van der Waals surface area contributed by atoms with Crippen LogP contribution in [0.1, 0.15) is 22.8 Å². The standard InChI is InChI=1S/C15H13NO4.C11H11NO2/c1-10(17)16-11-6-8-12(9-7-11)20-15(19)13-4-2-3-5-14(13)18;1-7-6-10(13)12-11-8(7)4-3-5-9(11)14-2/h2-9,18H,1H3,(H,16,17);3-6H,1-2H3,(H,12,13). The number of anilines is 1. The molecule has 0 bridgehead atoms. The third kappa shape index (κ3) is 6.01. The SMILES string of the molecule is CC(=O)Nc1ccc(OC(=O)c2ccccc2O)cc1.COc1cccc2c(C)cc(=O)[nH]c12. The minimum Gasteiger partial charge on any atom is -0.507 e. The number of phenols is 1. The molecule has 0 radical (unpaired) electrons. The van der Waals surface area contributed by atoms with Gasteiger partial charge in [0.05, 0.1) is 12.6 Å². The zero-order valence-electron chi connectivity index (χ0n) is 18.9. The first-order chi connectivity index (χ1) is 16.3. The Balaban J connectivity index is 0.000000202. The molecule has 8 heteroatoms. The van der Waals surface area contributed by atoms with Crippen molar-refractivity contribution in [2.75, 3.05) is 12.4 Å². The number of para-hydroxylation sites is 2. The number of ether oxygens (including phenoxy) is 2. The number of nitrogens with one attached hydrogen (secondary N) is 2. The van der Waals surface area contributed by atoms with Crippen LogP contribution >= 0.6 is 0 Å². The highest BCUT2D eigenvalue weighted by Crippen LogP contribution is 2.24. The van der Waals surface area contributed by atoms with Crippen molar-refractivity contribution in [2.45, 2.75) is 13.8 Å². The molecule has 34 heavy (non-hydrogen) atoms. The number of amides is 1. The maximum Gasteiger partial charge on any atom is 0.347 e. The first-order valence-electron chi connectivity index (χ1n) is 10.3. The minimum absolute atomic E-state index is 0.0958. The van der Waals surface area contributed by atoms with Gasteiger partial charge in [-0.25, -0.2) is 4.79 Å². The molecule has 0 fully saturated rings. The van der Waals surface area contributed by atoms with E-state index in [2.05, 4.69) is 10.3 Å². The molecule has 0 aliphatic rings. The van der Waals surface area contributed by atoms with Gasteiger partial charge in [0, 0.05) is 24.1 Å². The van der Waals surface area contributed by atoms with E-state index in [0.717, 1.165) is 16.5 Å². The lowest BCUT2D eigenvalue weighted by atomic mass is 10.1. The molecule has 4 rings (SSSR count). The monoisotopic (exact) mass is 460 g/mol. The van der Waals surface area contributed by atoms with Crippen LogP contribution < -0.4 is 20.3 Å². The fourth-order valence-electron chi connectivity index (χ4n) is 3.21. The van der Waals surface area contributed by atoms with Gasteiger partial charge in [0.1, 0.15) is 22.8 Å². The number of carbonyl (C=O) groups excluding carboxylic acids is 2. The average Bonchev–Trinajstić information content (AvgIpc) is 2.80. The number of fused-ring (bicyclic) bond motifs is 1. The summed E-state index contributed by atoms with van der Waals surface area (Å²) in [5, 5.41) is 13.2. The van der Waals surface area contributed by atoms with Crippen molar-refractivity contribution in [3.05, 3.63) is 94.3 Å². The second-order valence-electron chi connectivity index (χ2n) is 7.31. The van der Waals surface area contributed by atoms with Crippen molar-refractivity contribution in [2.24, 2.45) is 0 Å². The van der Waals surface area contributed by atoms with E-state index in [0.29, 0.717) is 17.2 Å². The van der Waals surface area contributed by atoms with Gasteiger partial charge in [-0.2, -0.15) is 0 Å². The maximum absolute atomic E-state index is 11.8. The zero-order valence-corrected chi connectivity index (χ0v) is 18.9. The molecule has 4 aromatic rings. The second-order valence-corrected chi connectivity index (χ2v) is 7.31. The van der Waals surface area contributed by atoms with Crippen LogP contribution in [0, 0.1) is 6.92 Å². The summed E-state index contributed by atoms with van der Waals surface area (Å²) in [5.74, 6) is 0.0716. The predicted molar refractivity (Wildman–Crippen MR) is 130 cm³/mol. The molecule has 3 N–H and O–H groups in total. The lowest BCUT2D eigenvalue weighted by Gasteiger charge is -2.07. The number of esters is 1. The summed E-state index contributed by atoms with van der Waals surface area (Å²) in [5.41, 5.74) is 2.33. The molecule has 0 aliphatic heterocycles. The van der Waals surface area contributed by atoms with E-state index in [-0.39, 0.29) is 22.8 Å². The van der Waals surface area contributed by atoms with Gasteiger partial charge in [0.2, 0.25) is 11.5 Å². The van der Waals surface area contributed by atoms with Crippen LogP contribution in [-0.2, 0) is 4.79 Å². The first-order valence-corrected chi connectivity index (χ1v) is 10.3. The Bertz CT molecular complexity index is 1380. The Morgan fingerprint density at radius 3 is 2.32 bits per heavy atom. The lowest BCUT2D eigenvalue weighted by molar-refractivity contribution is -0.114. The van der Waals surface area contributed by atoms with Gasteiger partial charge in [-0.3, -0.25) is 9.59 Å². The normalized spacial score (nSPS) is 10.1. The lowest BCUT2D eigenvalue weighted by Crippen LogP contribution is -2.09. The zero-order chi connectivity index (χ0) is 24.7. The number of rotatable bonds is 4. The number of hydrogen-bond donors (Lipinski definition) is 3. The molecular formula is C26H24N2O6. The van der Waals surface area contributed by atoms with Crippen molar-refractivity contribution in [1.29, 1.82) is 0 Å². The Morgan fingerprint density at radius 2 is 1.68 bits per heavy atom. The van der Waals surface area contributed by atoms with Gasteiger partial charge in [-0.15, -0.1) is 0 Å². The number of aromatic amines is 1. The third-order valence-electron chi connectivity index (χ3n) is 4.78. The van der Waals surface area contributed by atoms with E-state index in [4.69, 9.17) is 9.47 Å². The highest BCUT2D eigenvalue weighted by atomic mass is 16.5. The number of benzene rings is 3. The van der Waals surface area contributed by atoms with Crippen LogP contribution in [0.4, 0.5) is 5.69 Å². The molecular weight excluding hydrogens is 436 g/mol. The Hall–Kier alpha value is -4.59. The number of aromatic hydroxyl groups is 1. The van der Waals surface area contributed by atoms with Gasteiger partial charge >= 0.3 is 5.97 Å². The van der Waals surface area contributed by atoms with E-state index in [9.17, 15) is 19.5 Å². The summed E-state index contributed by atoms with van der Waals surface area (Å²) in [6.07, 6.45) is 0. The van der Waals surface area contributed by atoms with E-state index < -0.39 is 5.97 Å². The topological polar surface area (TPSA) is 118 Å². The van der Waals surface area contributed by atoms with Crippen molar-refractivity contribution in [3.8, 4) is 17.2 Å². The van der Waals surface area contributed by atoms with Gasteiger partial charge in [-0.1, -0.05) is 24.3 Å². The van der Waals surface area contributed by atoms with Crippen LogP contribution in [0.5, 0.6) is 17.2 Å². The van der Waals surface area contributed by atoms with E-state index in [1.165, 1.54) is 19.1 Å². The molecule has 0 saturated heterocycles. The van der Waals surface area contributed by atoms with Crippen LogP contribution in [0.3, 0.4) is 0 Å². The third-order valence-corrected chi connectivity index (χ3v) is 4.78. The number of pyridine rings is 1. The second kappa shape index (κ2) is 10.8. The summed E-state index contributed by atoms with van der Waals surface area (Å²) >= 11 is 0. The Labute approximate surface area is 195 Å². The molecule has 0 unspecified atom stereocenters. The van der Waals surface area contributed by atoms with Crippen molar-refractivity contribution < 1.29 is 24.2 Å². The molecule has 3 aromatic carbocycles. The number of phenolic OH excluding ortho intramolecular Hbond substituents is 1. The summed E-state index contributed by atoms with van der Waals surface area (Å²) in [4.78, 5) is 36.8. The minimum atomic E-state index is -0.643. The molecule has 0 saturated carbocycles. The smallest absolute Gasteiger partial charge is 0.347 e. The molecule has 0 spiro atoms.